The minimum Gasteiger partial charge on any atom is -0.469 e. The van der Waals surface area contributed by atoms with Crippen LogP contribution < -0.4 is 19.6 Å². The Morgan fingerprint density at radius 2 is 1.00 bits per heavy atom. The topological polar surface area (TPSA) is 117 Å². The Balaban J connectivity index is 0.000000167. The van der Waals surface area contributed by atoms with Crippen LogP contribution in [0.25, 0.3) is 0 Å². The first-order valence-electron chi connectivity index (χ1n) is 18.6. The van der Waals surface area contributed by atoms with Crippen LogP contribution in [0.15, 0.2) is 12.1 Å². The van der Waals surface area contributed by atoms with Gasteiger partial charge in [-0.2, -0.15) is 36.3 Å². The quantitative estimate of drug-likeness (QED) is 0.251. The van der Waals surface area contributed by atoms with Crippen LogP contribution in [0, 0.1) is 35.5 Å². The van der Waals surface area contributed by atoms with Gasteiger partial charge in [0.15, 0.2) is 11.4 Å². The SMILES string of the molecule is COC(=O)CC1[C@@H]2C[C@H]1CN(c1cc(C(F)(F)F)nc(N3CC[C@@H]3C)n1)C2.COC(=O)CC1[C@@H]2C[C@H]1CN(c1cc(C(F)(F)F)nc(N3CC[C@@H]3C)n1)C2. The van der Waals surface area contributed by atoms with E-state index in [-0.39, 0.29) is 47.8 Å². The van der Waals surface area contributed by atoms with E-state index in [0.717, 1.165) is 37.8 Å². The highest BCUT2D eigenvalue weighted by atomic mass is 19.4. The lowest BCUT2D eigenvalue weighted by molar-refractivity contribution is -0.145. The van der Waals surface area contributed by atoms with Crippen molar-refractivity contribution in [2.75, 3.05) is 73.1 Å². The fourth-order valence-electron chi connectivity index (χ4n) is 8.91. The summed E-state index contributed by atoms with van der Waals surface area (Å²) in [6.45, 7) is 7.72. The van der Waals surface area contributed by atoms with Crippen molar-refractivity contribution >= 4 is 35.5 Å². The second-order valence-corrected chi connectivity index (χ2v) is 15.7. The van der Waals surface area contributed by atoms with Gasteiger partial charge in [-0.15, -0.1) is 0 Å². The molecule has 6 saturated heterocycles. The smallest absolute Gasteiger partial charge is 0.433 e. The predicted molar refractivity (Wildman–Crippen MR) is 185 cm³/mol. The van der Waals surface area contributed by atoms with E-state index < -0.39 is 23.7 Å². The van der Waals surface area contributed by atoms with Gasteiger partial charge < -0.3 is 29.1 Å². The lowest BCUT2D eigenvalue weighted by atomic mass is 9.60. The van der Waals surface area contributed by atoms with E-state index in [1.54, 1.807) is 0 Å². The number of piperidine rings is 4. The molecule has 8 fully saturated rings. The number of hydrogen-bond acceptors (Lipinski definition) is 12. The molecule has 18 heteroatoms. The Bertz CT molecular complexity index is 1580. The number of rotatable bonds is 8. The molecule has 4 bridgehead atoms. The van der Waals surface area contributed by atoms with Gasteiger partial charge in [0.05, 0.1) is 14.2 Å². The number of esters is 2. The average Bonchev–Trinajstić information content (AvgIpc) is 3.13. The Morgan fingerprint density at radius 1 is 0.648 bits per heavy atom. The summed E-state index contributed by atoms with van der Waals surface area (Å²) in [5.41, 5.74) is -1.79. The highest BCUT2D eigenvalue weighted by Crippen LogP contribution is 2.50. The Kier molecular flexibility index (Phi) is 10.3. The zero-order valence-electron chi connectivity index (χ0n) is 30.7. The average molecular weight is 769 g/mol. The van der Waals surface area contributed by atoms with E-state index in [1.165, 1.54) is 14.2 Å². The molecular formula is C36H46F6N8O4. The highest BCUT2D eigenvalue weighted by molar-refractivity contribution is 5.70. The summed E-state index contributed by atoms with van der Waals surface area (Å²) in [6, 6.07) is 2.41. The molecule has 2 aromatic heterocycles. The van der Waals surface area contributed by atoms with Crippen LogP contribution in [-0.2, 0) is 31.4 Å². The van der Waals surface area contributed by atoms with E-state index in [1.807, 2.05) is 33.4 Å². The molecule has 8 atom stereocenters. The number of aromatic nitrogens is 4. The molecule has 2 aromatic rings. The van der Waals surface area contributed by atoms with Gasteiger partial charge in [0.2, 0.25) is 11.9 Å². The third kappa shape index (κ3) is 7.57. The van der Waals surface area contributed by atoms with Gasteiger partial charge in [0.25, 0.3) is 0 Å². The number of nitrogens with zero attached hydrogens (tertiary/aromatic N) is 8. The van der Waals surface area contributed by atoms with Crippen molar-refractivity contribution in [3.63, 3.8) is 0 Å². The van der Waals surface area contributed by atoms with Gasteiger partial charge in [-0.1, -0.05) is 0 Å². The van der Waals surface area contributed by atoms with Crippen LogP contribution in [-0.4, -0.2) is 97.4 Å². The monoisotopic (exact) mass is 768 g/mol. The molecule has 12 nitrogen and oxygen atoms in total. The molecule has 8 aliphatic rings. The summed E-state index contributed by atoms with van der Waals surface area (Å²) >= 11 is 0. The van der Waals surface area contributed by atoms with Gasteiger partial charge in [-0.05, 0) is 75.0 Å². The Morgan fingerprint density at radius 3 is 1.26 bits per heavy atom. The van der Waals surface area contributed by atoms with E-state index in [2.05, 4.69) is 19.9 Å². The minimum atomic E-state index is -4.51. The predicted octanol–water partition coefficient (Wildman–Crippen LogP) is 5.46. The highest BCUT2D eigenvalue weighted by Gasteiger charge is 2.49. The molecule has 54 heavy (non-hydrogen) atoms. The fourth-order valence-corrected chi connectivity index (χ4v) is 8.91. The fraction of sp³-hybridized carbons (Fsp3) is 0.722. The molecule has 2 saturated carbocycles. The molecule has 8 heterocycles. The summed E-state index contributed by atoms with van der Waals surface area (Å²) in [5, 5.41) is 0. The minimum absolute atomic E-state index is 0.153. The van der Waals surface area contributed by atoms with Crippen LogP contribution in [0.1, 0.15) is 63.8 Å². The number of hydrogen-bond donors (Lipinski definition) is 0. The van der Waals surface area contributed by atoms with Crippen LogP contribution in [0.2, 0.25) is 0 Å². The van der Waals surface area contributed by atoms with Crippen molar-refractivity contribution in [3.8, 4) is 0 Å². The molecule has 0 N–H and O–H groups in total. The first-order chi connectivity index (χ1) is 25.5. The van der Waals surface area contributed by atoms with E-state index in [9.17, 15) is 35.9 Å². The molecule has 2 unspecified atom stereocenters. The van der Waals surface area contributed by atoms with Gasteiger partial charge in [-0.3, -0.25) is 9.59 Å². The van der Waals surface area contributed by atoms with Crippen molar-refractivity contribution in [2.45, 2.75) is 76.8 Å². The lowest BCUT2D eigenvalue weighted by Gasteiger charge is -2.54. The number of alkyl halides is 6. The number of carbonyl (C=O) groups is 2. The summed E-state index contributed by atoms with van der Waals surface area (Å²) in [5.74, 6) is 2.20. The second-order valence-electron chi connectivity index (χ2n) is 15.7. The van der Waals surface area contributed by atoms with E-state index >= 15 is 0 Å². The van der Waals surface area contributed by atoms with Crippen molar-refractivity contribution in [3.05, 3.63) is 23.5 Å². The Hall–Kier alpha value is -4.12. The van der Waals surface area contributed by atoms with E-state index in [0.29, 0.717) is 87.4 Å². The van der Waals surface area contributed by atoms with Gasteiger partial charge >= 0.3 is 24.3 Å². The molecule has 0 aromatic carbocycles. The normalized spacial score (nSPS) is 29.8. The van der Waals surface area contributed by atoms with Crippen LogP contribution in [0.4, 0.5) is 49.9 Å². The van der Waals surface area contributed by atoms with Gasteiger partial charge in [-0.25, -0.2) is 9.97 Å². The maximum atomic E-state index is 13.3. The molecule has 0 radical (unpaired) electrons. The first kappa shape index (κ1) is 38.2. The first-order valence-corrected chi connectivity index (χ1v) is 18.6. The molecule has 0 amide bonds. The molecule has 296 valence electrons. The standard InChI is InChI=1S/2C18H23F3N4O2/c2*1-10-3-4-25(10)17-22-14(18(19,20)21)7-15(23-17)24-8-11-5-12(9-24)13(11)6-16(26)27-2/h2*7,10-13H,3-6,8-9H2,1-2H3/t2*10-,11-,12+,13?/m00/s1. The number of anilines is 4. The third-order valence-electron chi connectivity index (χ3n) is 12.5. The zero-order valence-corrected chi connectivity index (χ0v) is 30.7. The summed E-state index contributed by atoms with van der Waals surface area (Å²) < 4.78 is 89.6. The summed E-state index contributed by atoms with van der Waals surface area (Å²) in [4.78, 5) is 47.0. The third-order valence-corrected chi connectivity index (χ3v) is 12.5. The van der Waals surface area contributed by atoms with Crippen molar-refractivity contribution in [1.82, 2.24) is 19.9 Å². The second kappa shape index (κ2) is 14.5. The van der Waals surface area contributed by atoms with Crippen molar-refractivity contribution in [1.29, 1.82) is 0 Å². The van der Waals surface area contributed by atoms with Gasteiger partial charge in [0, 0.05) is 76.3 Å². The Labute approximate surface area is 309 Å². The molecule has 2 aliphatic carbocycles. The number of methoxy groups -OCH3 is 2. The van der Waals surface area contributed by atoms with E-state index in [4.69, 9.17) is 9.47 Å². The lowest BCUT2D eigenvalue weighted by Crippen LogP contribution is -2.56. The molecule has 6 aliphatic heterocycles. The molecular weight excluding hydrogens is 722 g/mol. The largest absolute Gasteiger partial charge is 0.469 e. The van der Waals surface area contributed by atoms with Crippen molar-refractivity contribution < 1.29 is 45.4 Å². The van der Waals surface area contributed by atoms with Crippen LogP contribution in [0.5, 0.6) is 0 Å². The number of halogens is 6. The number of carbonyl (C=O) groups excluding carboxylic acids is 2. The van der Waals surface area contributed by atoms with Crippen molar-refractivity contribution in [2.24, 2.45) is 35.5 Å². The van der Waals surface area contributed by atoms with Crippen LogP contribution in [0.3, 0.4) is 0 Å². The maximum absolute atomic E-state index is 13.3. The zero-order chi connectivity index (χ0) is 38.7. The van der Waals surface area contributed by atoms with Gasteiger partial charge in [0.1, 0.15) is 11.6 Å². The maximum Gasteiger partial charge on any atom is 0.433 e. The summed E-state index contributed by atoms with van der Waals surface area (Å²) in [6.07, 6.45) is -4.38. The number of ether oxygens (including phenoxy) is 2. The van der Waals surface area contributed by atoms with Crippen LogP contribution >= 0.6 is 0 Å². The molecule has 0 spiro atoms. The summed E-state index contributed by atoms with van der Waals surface area (Å²) in [7, 11) is 2.75. The molecule has 10 rings (SSSR count). The number of fused-ring (bicyclic) bond motifs is 4.